The SMILES string of the molecule is CC[C@H]1CC[C@H](C2CCC(C3CCC(c4ccc(CCF)cc4)CC3)CC2)CC1. The second-order valence-corrected chi connectivity index (χ2v) is 10.7. The lowest BCUT2D eigenvalue weighted by molar-refractivity contribution is 0.109. The molecular weight excluding hydrogens is 355 g/mol. The second-order valence-electron chi connectivity index (χ2n) is 10.7. The molecule has 0 N–H and O–H groups in total. The van der Waals surface area contributed by atoms with Crippen LogP contribution in [0.25, 0.3) is 0 Å². The summed E-state index contributed by atoms with van der Waals surface area (Å²) in [5.41, 5.74) is 2.64. The zero-order valence-corrected chi connectivity index (χ0v) is 18.8. The molecule has 3 aliphatic carbocycles. The summed E-state index contributed by atoms with van der Waals surface area (Å²) in [6.07, 6.45) is 19.8. The molecule has 0 heterocycles. The van der Waals surface area contributed by atoms with Crippen molar-refractivity contribution in [2.75, 3.05) is 6.67 Å². The molecular formula is C28H43F. The van der Waals surface area contributed by atoms with Crippen molar-refractivity contribution in [1.29, 1.82) is 0 Å². The van der Waals surface area contributed by atoms with Crippen molar-refractivity contribution in [3.05, 3.63) is 35.4 Å². The van der Waals surface area contributed by atoms with Crippen LogP contribution in [0.3, 0.4) is 0 Å². The fourth-order valence-electron chi connectivity index (χ4n) is 7.15. The number of alkyl halides is 1. The molecule has 0 atom stereocenters. The molecule has 0 saturated heterocycles. The van der Waals surface area contributed by atoms with Crippen LogP contribution in [0, 0.1) is 29.6 Å². The minimum absolute atomic E-state index is 0.243. The molecule has 3 fully saturated rings. The first kappa shape index (κ1) is 21.4. The number of halogens is 1. The highest BCUT2D eigenvalue weighted by Gasteiger charge is 2.34. The zero-order chi connectivity index (χ0) is 20.1. The third kappa shape index (κ3) is 5.45. The summed E-state index contributed by atoms with van der Waals surface area (Å²) in [5, 5.41) is 0. The average molecular weight is 399 g/mol. The van der Waals surface area contributed by atoms with Crippen molar-refractivity contribution in [3.8, 4) is 0 Å². The second kappa shape index (κ2) is 10.5. The summed E-state index contributed by atoms with van der Waals surface area (Å²) in [5.74, 6) is 5.92. The highest BCUT2D eigenvalue weighted by atomic mass is 19.1. The van der Waals surface area contributed by atoms with E-state index in [0.717, 1.165) is 41.1 Å². The Hall–Kier alpha value is -0.850. The fourth-order valence-corrected chi connectivity index (χ4v) is 7.15. The largest absolute Gasteiger partial charge is 0.251 e. The van der Waals surface area contributed by atoms with E-state index in [1.807, 2.05) is 0 Å². The molecule has 0 radical (unpaired) electrons. The Labute approximate surface area is 179 Å². The highest BCUT2D eigenvalue weighted by molar-refractivity contribution is 5.26. The van der Waals surface area contributed by atoms with Crippen LogP contribution in [0.4, 0.5) is 4.39 Å². The van der Waals surface area contributed by atoms with E-state index in [1.165, 1.54) is 89.0 Å². The summed E-state index contributed by atoms with van der Waals surface area (Å²) < 4.78 is 12.5. The van der Waals surface area contributed by atoms with Gasteiger partial charge in [0.25, 0.3) is 0 Å². The van der Waals surface area contributed by atoms with Crippen LogP contribution in [0.2, 0.25) is 0 Å². The van der Waals surface area contributed by atoms with Crippen LogP contribution in [-0.4, -0.2) is 6.67 Å². The standard InChI is InChI=1S/C28H43F/c1-2-21-3-7-23(8-4-21)25-11-15-27(16-12-25)28-17-13-26(14-18-28)24-9-5-22(6-10-24)19-20-29/h5-6,9-10,21,23,25-28H,2-4,7-8,11-20H2,1H3/t21-,23-,25?,26?,27?,28?. The van der Waals surface area contributed by atoms with Crippen LogP contribution in [0.1, 0.15) is 107 Å². The van der Waals surface area contributed by atoms with Gasteiger partial charge in [-0.25, -0.2) is 0 Å². The topological polar surface area (TPSA) is 0 Å². The molecule has 29 heavy (non-hydrogen) atoms. The number of rotatable bonds is 6. The quantitative estimate of drug-likeness (QED) is 0.450. The Kier molecular flexibility index (Phi) is 7.71. The maximum Gasteiger partial charge on any atom is 0.0934 e. The predicted molar refractivity (Wildman–Crippen MR) is 122 cm³/mol. The molecule has 1 aromatic rings. The van der Waals surface area contributed by atoms with Gasteiger partial charge in [-0.2, -0.15) is 0 Å². The van der Waals surface area contributed by atoms with Crippen molar-refractivity contribution in [2.24, 2.45) is 29.6 Å². The molecule has 0 aliphatic heterocycles. The van der Waals surface area contributed by atoms with Crippen LogP contribution < -0.4 is 0 Å². The average Bonchev–Trinajstić information content (AvgIpc) is 2.80. The van der Waals surface area contributed by atoms with Gasteiger partial charge < -0.3 is 0 Å². The van der Waals surface area contributed by atoms with Gasteiger partial charge in [0, 0.05) is 6.42 Å². The van der Waals surface area contributed by atoms with Gasteiger partial charge in [0.1, 0.15) is 0 Å². The van der Waals surface area contributed by atoms with Gasteiger partial charge in [-0.1, -0.05) is 50.5 Å². The van der Waals surface area contributed by atoms with Crippen molar-refractivity contribution in [1.82, 2.24) is 0 Å². The lowest BCUT2D eigenvalue weighted by atomic mass is 9.64. The summed E-state index contributed by atoms with van der Waals surface area (Å²) in [6, 6.07) is 8.84. The van der Waals surface area contributed by atoms with Gasteiger partial charge in [0.15, 0.2) is 0 Å². The Bertz CT molecular complexity index is 581. The van der Waals surface area contributed by atoms with Gasteiger partial charge in [0.05, 0.1) is 6.67 Å². The molecule has 0 aromatic heterocycles. The van der Waals surface area contributed by atoms with Crippen LogP contribution in [-0.2, 0) is 6.42 Å². The van der Waals surface area contributed by atoms with E-state index in [2.05, 4.69) is 31.2 Å². The maximum atomic E-state index is 12.5. The zero-order valence-electron chi connectivity index (χ0n) is 18.8. The van der Waals surface area contributed by atoms with E-state index in [9.17, 15) is 4.39 Å². The maximum absolute atomic E-state index is 12.5. The van der Waals surface area contributed by atoms with Gasteiger partial charge in [-0.3, -0.25) is 4.39 Å². The summed E-state index contributed by atoms with van der Waals surface area (Å²) >= 11 is 0. The number of hydrogen-bond acceptors (Lipinski definition) is 0. The summed E-state index contributed by atoms with van der Waals surface area (Å²) in [4.78, 5) is 0. The molecule has 0 spiro atoms. The van der Waals surface area contributed by atoms with Crippen molar-refractivity contribution in [2.45, 2.75) is 103 Å². The lowest BCUT2D eigenvalue weighted by Gasteiger charge is -2.41. The van der Waals surface area contributed by atoms with E-state index in [4.69, 9.17) is 0 Å². The monoisotopic (exact) mass is 398 g/mol. The van der Waals surface area contributed by atoms with E-state index in [0.29, 0.717) is 6.42 Å². The predicted octanol–water partition coefficient (Wildman–Crippen LogP) is 8.50. The van der Waals surface area contributed by atoms with Crippen molar-refractivity contribution < 1.29 is 4.39 Å². The van der Waals surface area contributed by atoms with Crippen LogP contribution >= 0.6 is 0 Å². The third-order valence-electron chi connectivity index (χ3n) is 9.22. The minimum Gasteiger partial charge on any atom is -0.251 e. The summed E-state index contributed by atoms with van der Waals surface area (Å²) in [6.45, 7) is 2.14. The Morgan fingerprint density at radius 2 is 1.10 bits per heavy atom. The molecule has 0 amide bonds. The first-order chi connectivity index (χ1) is 14.3. The Morgan fingerprint density at radius 3 is 1.55 bits per heavy atom. The summed E-state index contributed by atoms with van der Waals surface area (Å²) in [7, 11) is 0. The van der Waals surface area contributed by atoms with E-state index >= 15 is 0 Å². The Morgan fingerprint density at radius 1 is 0.655 bits per heavy atom. The smallest absolute Gasteiger partial charge is 0.0934 e. The Balaban J connectivity index is 1.20. The first-order valence-corrected chi connectivity index (χ1v) is 12.9. The van der Waals surface area contributed by atoms with Gasteiger partial charge in [0.2, 0.25) is 0 Å². The van der Waals surface area contributed by atoms with E-state index < -0.39 is 0 Å². The fraction of sp³-hybridized carbons (Fsp3) is 0.786. The van der Waals surface area contributed by atoms with Crippen molar-refractivity contribution in [3.63, 3.8) is 0 Å². The highest BCUT2D eigenvalue weighted by Crippen LogP contribution is 2.47. The molecule has 1 heteroatoms. The molecule has 162 valence electrons. The number of aryl methyl sites for hydroxylation is 1. The minimum atomic E-state index is -0.243. The third-order valence-corrected chi connectivity index (χ3v) is 9.22. The van der Waals surface area contributed by atoms with Crippen LogP contribution in [0.5, 0.6) is 0 Å². The van der Waals surface area contributed by atoms with Gasteiger partial charge in [-0.05, 0) is 111 Å². The molecule has 0 nitrogen and oxygen atoms in total. The first-order valence-electron chi connectivity index (χ1n) is 12.9. The van der Waals surface area contributed by atoms with Crippen LogP contribution in [0.15, 0.2) is 24.3 Å². The normalized spacial score (nSPS) is 36.1. The van der Waals surface area contributed by atoms with Gasteiger partial charge >= 0.3 is 0 Å². The number of hydrogen-bond donors (Lipinski definition) is 0. The molecule has 0 unspecified atom stereocenters. The van der Waals surface area contributed by atoms with E-state index in [-0.39, 0.29) is 6.67 Å². The molecule has 1 aromatic carbocycles. The lowest BCUT2D eigenvalue weighted by Crippen LogP contribution is -2.29. The molecule has 0 bridgehead atoms. The number of benzene rings is 1. The van der Waals surface area contributed by atoms with Crippen molar-refractivity contribution >= 4 is 0 Å². The molecule has 3 saturated carbocycles. The molecule has 4 rings (SSSR count). The van der Waals surface area contributed by atoms with Gasteiger partial charge in [-0.15, -0.1) is 0 Å². The van der Waals surface area contributed by atoms with E-state index in [1.54, 1.807) is 0 Å². The molecule has 3 aliphatic rings.